The van der Waals surface area contributed by atoms with Gasteiger partial charge in [-0.05, 0) is 24.3 Å². The maximum atomic E-state index is 12.0. The van der Waals surface area contributed by atoms with Crippen molar-refractivity contribution in [2.75, 3.05) is 13.1 Å². The van der Waals surface area contributed by atoms with Crippen molar-refractivity contribution in [1.82, 2.24) is 4.90 Å². The molecule has 2 rings (SSSR count). The van der Waals surface area contributed by atoms with Crippen LogP contribution in [0.5, 0.6) is 0 Å². The van der Waals surface area contributed by atoms with Gasteiger partial charge < -0.3 is 14.7 Å². The first-order valence-corrected chi connectivity index (χ1v) is 7.16. The quantitative estimate of drug-likeness (QED) is 0.920. The Hall–Kier alpha value is -1.55. The van der Waals surface area contributed by atoms with E-state index in [9.17, 15) is 9.90 Å². The molecule has 1 aromatic rings. The summed E-state index contributed by atoms with van der Waals surface area (Å²) in [4.78, 5) is 13.6. The van der Waals surface area contributed by atoms with Crippen LogP contribution in [0.3, 0.4) is 0 Å². The fourth-order valence-electron chi connectivity index (χ4n) is 2.75. The average molecular weight is 277 g/mol. The number of likely N-dealkylation sites (tertiary alicyclic amines) is 1. The lowest BCUT2D eigenvalue weighted by molar-refractivity contribution is 0.0258. The van der Waals surface area contributed by atoms with Crippen LogP contribution in [-0.4, -0.2) is 34.8 Å². The summed E-state index contributed by atoms with van der Waals surface area (Å²) in [5.41, 5.74) is 0.220. The minimum atomic E-state index is -0.750. The third-order valence-electron chi connectivity index (χ3n) is 3.58. The number of hydrogen-bond donors (Lipinski definition) is 1. The van der Waals surface area contributed by atoms with Gasteiger partial charge >= 0.3 is 6.09 Å². The van der Waals surface area contributed by atoms with Crippen LogP contribution in [0.2, 0.25) is 0 Å². The Bertz CT molecular complexity index is 446. The third kappa shape index (κ3) is 3.97. The smallest absolute Gasteiger partial charge is 0.410 e. The van der Waals surface area contributed by atoms with Crippen LogP contribution < -0.4 is 0 Å². The zero-order valence-electron chi connectivity index (χ0n) is 12.2. The van der Waals surface area contributed by atoms with E-state index in [2.05, 4.69) is 13.8 Å². The van der Waals surface area contributed by atoms with E-state index in [1.165, 1.54) is 0 Å². The molecule has 1 aromatic carbocycles. The number of benzene rings is 1. The molecular formula is C16H23NO3. The van der Waals surface area contributed by atoms with Gasteiger partial charge in [-0.2, -0.15) is 0 Å². The number of aliphatic hydroxyl groups is 1. The van der Waals surface area contributed by atoms with Crippen molar-refractivity contribution in [1.29, 1.82) is 0 Å². The highest BCUT2D eigenvalue weighted by Crippen LogP contribution is 2.28. The molecule has 20 heavy (non-hydrogen) atoms. The van der Waals surface area contributed by atoms with Gasteiger partial charge in [-0.15, -0.1) is 0 Å². The predicted molar refractivity (Wildman–Crippen MR) is 77.2 cm³/mol. The van der Waals surface area contributed by atoms with Gasteiger partial charge in [0.1, 0.15) is 6.61 Å². The van der Waals surface area contributed by atoms with Crippen LogP contribution in [0.4, 0.5) is 4.79 Å². The second kappa shape index (κ2) is 6.27. The molecule has 1 amide bonds. The molecule has 110 valence electrons. The molecule has 1 aliphatic rings. The Morgan fingerprint density at radius 2 is 2.10 bits per heavy atom. The summed E-state index contributed by atoms with van der Waals surface area (Å²) in [6.07, 6.45) is 1.01. The maximum absolute atomic E-state index is 12.0. The van der Waals surface area contributed by atoms with E-state index < -0.39 is 5.60 Å². The fraction of sp³-hybridized carbons (Fsp3) is 0.562. The zero-order valence-corrected chi connectivity index (χ0v) is 12.2. The molecule has 1 N–H and O–H groups in total. The summed E-state index contributed by atoms with van der Waals surface area (Å²) in [5.74, 6) is 0.417. The number of rotatable bonds is 4. The number of amides is 1. The van der Waals surface area contributed by atoms with E-state index in [4.69, 9.17) is 4.74 Å². The minimum Gasteiger partial charge on any atom is -0.445 e. The van der Waals surface area contributed by atoms with Crippen molar-refractivity contribution in [2.45, 2.75) is 38.9 Å². The van der Waals surface area contributed by atoms with E-state index >= 15 is 0 Å². The first-order chi connectivity index (χ1) is 9.48. The Labute approximate surface area is 120 Å². The average Bonchev–Trinajstić information content (AvgIpc) is 2.78. The van der Waals surface area contributed by atoms with Gasteiger partial charge in [-0.1, -0.05) is 44.2 Å². The summed E-state index contributed by atoms with van der Waals surface area (Å²) < 4.78 is 5.29. The molecule has 1 unspecified atom stereocenters. The first kappa shape index (κ1) is 14.9. The summed E-state index contributed by atoms with van der Waals surface area (Å²) in [5, 5.41) is 10.4. The van der Waals surface area contributed by atoms with Crippen molar-refractivity contribution in [3.05, 3.63) is 35.9 Å². The summed E-state index contributed by atoms with van der Waals surface area (Å²) in [7, 11) is 0. The molecule has 4 nitrogen and oxygen atoms in total. The SMILES string of the molecule is CC(C)CC1(O)CCN(C(=O)OCc2ccccc2)C1. The molecule has 0 aromatic heterocycles. The molecule has 1 aliphatic heterocycles. The third-order valence-corrected chi connectivity index (χ3v) is 3.58. The highest BCUT2D eigenvalue weighted by Gasteiger charge is 2.39. The number of ether oxygens (including phenoxy) is 1. The molecule has 0 bridgehead atoms. The molecule has 1 heterocycles. The van der Waals surface area contributed by atoms with Gasteiger partial charge in [-0.25, -0.2) is 4.79 Å². The second-order valence-corrected chi connectivity index (χ2v) is 6.03. The van der Waals surface area contributed by atoms with Gasteiger partial charge in [-0.3, -0.25) is 0 Å². The van der Waals surface area contributed by atoms with Crippen LogP contribution in [0, 0.1) is 5.92 Å². The molecule has 0 spiro atoms. The molecule has 1 fully saturated rings. The number of carbonyl (C=O) groups is 1. The topological polar surface area (TPSA) is 49.8 Å². The molecule has 1 atom stereocenters. The molecule has 0 radical (unpaired) electrons. The Balaban J connectivity index is 1.82. The Morgan fingerprint density at radius 1 is 1.40 bits per heavy atom. The van der Waals surface area contributed by atoms with Crippen LogP contribution in [0.25, 0.3) is 0 Å². The minimum absolute atomic E-state index is 0.277. The van der Waals surface area contributed by atoms with Gasteiger partial charge in [0, 0.05) is 6.54 Å². The number of hydrogen-bond acceptors (Lipinski definition) is 3. The van der Waals surface area contributed by atoms with Crippen molar-refractivity contribution in [2.24, 2.45) is 5.92 Å². The van der Waals surface area contributed by atoms with E-state index in [0.717, 1.165) is 12.0 Å². The fourth-order valence-corrected chi connectivity index (χ4v) is 2.75. The van der Waals surface area contributed by atoms with Crippen LogP contribution in [0.1, 0.15) is 32.3 Å². The van der Waals surface area contributed by atoms with Gasteiger partial charge in [0.05, 0.1) is 12.1 Å². The first-order valence-electron chi connectivity index (χ1n) is 7.16. The summed E-state index contributed by atoms with van der Waals surface area (Å²) in [6.45, 7) is 5.37. The lowest BCUT2D eigenvalue weighted by Gasteiger charge is -2.24. The molecule has 0 aliphatic carbocycles. The number of carbonyl (C=O) groups excluding carboxylic acids is 1. The highest BCUT2D eigenvalue weighted by atomic mass is 16.6. The zero-order chi connectivity index (χ0) is 14.6. The Kier molecular flexibility index (Phi) is 4.65. The largest absolute Gasteiger partial charge is 0.445 e. The van der Waals surface area contributed by atoms with Crippen LogP contribution in [-0.2, 0) is 11.3 Å². The summed E-state index contributed by atoms with van der Waals surface area (Å²) in [6, 6.07) is 9.61. The molecule has 0 saturated carbocycles. The molecular weight excluding hydrogens is 254 g/mol. The number of nitrogens with zero attached hydrogens (tertiary/aromatic N) is 1. The number of β-amino-alcohol motifs (C(OH)–C–C–N with tert-alkyl or cyclic N) is 1. The lowest BCUT2D eigenvalue weighted by atomic mass is 9.92. The highest BCUT2D eigenvalue weighted by molar-refractivity contribution is 5.68. The van der Waals surface area contributed by atoms with Crippen molar-refractivity contribution >= 4 is 6.09 Å². The van der Waals surface area contributed by atoms with Gasteiger partial charge in [0.15, 0.2) is 0 Å². The standard InChI is InChI=1S/C16H23NO3/c1-13(2)10-16(19)8-9-17(12-16)15(18)20-11-14-6-4-3-5-7-14/h3-7,13,19H,8-12H2,1-2H3. The van der Waals surface area contributed by atoms with Gasteiger partial charge in [0.2, 0.25) is 0 Å². The molecule has 4 heteroatoms. The van der Waals surface area contributed by atoms with Crippen molar-refractivity contribution in [3.63, 3.8) is 0 Å². The predicted octanol–water partition coefficient (Wildman–Crippen LogP) is 2.81. The Morgan fingerprint density at radius 3 is 2.75 bits per heavy atom. The van der Waals surface area contributed by atoms with Gasteiger partial charge in [0.25, 0.3) is 0 Å². The van der Waals surface area contributed by atoms with E-state index in [1.807, 2.05) is 30.3 Å². The maximum Gasteiger partial charge on any atom is 0.410 e. The van der Waals surface area contributed by atoms with E-state index in [-0.39, 0.29) is 12.7 Å². The monoisotopic (exact) mass is 277 g/mol. The lowest BCUT2D eigenvalue weighted by Crippen LogP contribution is -2.37. The van der Waals surface area contributed by atoms with Crippen LogP contribution in [0.15, 0.2) is 30.3 Å². The van der Waals surface area contributed by atoms with Crippen molar-refractivity contribution in [3.8, 4) is 0 Å². The van der Waals surface area contributed by atoms with E-state index in [1.54, 1.807) is 4.90 Å². The second-order valence-electron chi connectivity index (χ2n) is 6.03. The van der Waals surface area contributed by atoms with E-state index in [0.29, 0.717) is 25.4 Å². The normalized spacial score (nSPS) is 22.3. The molecule has 1 saturated heterocycles. The van der Waals surface area contributed by atoms with Crippen molar-refractivity contribution < 1.29 is 14.6 Å². The summed E-state index contributed by atoms with van der Waals surface area (Å²) >= 11 is 0. The van der Waals surface area contributed by atoms with Crippen LogP contribution >= 0.6 is 0 Å².